The van der Waals surface area contributed by atoms with Crippen molar-refractivity contribution in [3.63, 3.8) is 0 Å². The molecule has 18 heavy (non-hydrogen) atoms. The van der Waals surface area contributed by atoms with Crippen molar-refractivity contribution >= 4 is 5.91 Å². The van der Waals surface area contributed by atoms with Crippen molar-refractivity contribution in [1.82, 2.24) is 5.32 Å². The van der Waals surface area contributed by atoms with E-state index in [4.69, 9.17) is 15.2 Å². The third-order valence-corrected chi connectivity index (χ3v) is 3.55. The normalized spacial score (nSPS) is 28.1. The molecule has 106 valence electrons. The van der Waals surface area contributed by atoms with Gasteiger partial charge < -0.3 is 20.5 Å². The molecule has 1 aliphatic carbocycles. The monoisotopic (exact) mass is 258 g/mol. The van der Waals surface area contributed by atoms with Crippen LogP contribution in [0.2, 0.25) is 0 Å². The maximum Gasteiger partial charge on any atom is 0.223 e. The Morgan fingerprint density at radius 3 is 2.83 bits per heavy atom. The molecule has 0 aromatic rings. The molecule has 0 aromatic heterocycles. The molecular weight excluding hydrogens is 232 g/mol. The molecule has 0 heterocycles. The van der Waals surface area contributed by atoms with Gasteiger partial charge in [0.2, 0.25) is 5.91 Å². The zero-order chi connectivity index (χ0) is 13.4. The van der Waals surface area contributed by atoms with E-state index in [1.807, 2.05) is 0 Å². The van der Waals surface area contributed by atoms with Crippen molar-refractivity contribution in [2.75, 3.05) is 33.5 Å². The van der Waals surface area contributed by atoms with Gasteiger partial charge in [0.25, 0.3) is 0 Å². The molecule has 1 rings (SSSR count). The fourth-order valence-electron chi connectivity index (χ4n) is 2.34. The van der Waals surface area contributed by atoms with E-state index in [0.29, 0.717) is 32.3 Å². The molecule has 3 atom stereocenters. The van der Waals surface area contributed by atoms with Crippen LogP contribution in [0.15, 0.2) is 0 Å². The molecule has 0 saturated heterocycles. The number of nitrogens with one attached hydrogen (secondary N) is 1. The van der Waals surface area contributed by atoms with Gasteiger partial charge in [-0.25, -0.2) is 0 Å². The van der Waals surface area contributed by atoms with Crippen molar-refractivity contribution < 1.29 is 14.3 Å². The van der Waals surface area contributed by atoms with Crippen LogP contribution < -0.4 is 11.1 Å². The second kappa shape index (κ2) is 8.45. The van der Waals surface area contributed by atoms with Gasteiger partial charge in [0.1, 0.15) is 0 Å². The Morgan fingerprint density at radius 1 is 1.33 bits per heavy atom. The van der Waals surface area contributed by atoms with E-state index >= 15 is 0 Å². The molecule has 0 aliphatic heterocycles. The molecule has 5 heteroatoms. The maximum atomic E-state index is 12.0. The summed E-state index contributed by atoms with van der Waals surface area (Å²) in [5.74, 6) is 0.611. The van der Waals surface area contributed by atoms with Crippen LogP contribution in [0.4, 0.5) is 0 Å². The first-order chi connectivity index (χ1) is 8.65. The van der Waals surface area contributed by atoms with Gasteiger partial charge >= 0.3 is 0 Å². The Balaban J connectivity index is 2.15. The largest absolute Gasteiger partial charge is 0.382 e. The van der Waals surface area contributed by atoms with Crippen molar-refractivity contribution in [3.8, 4) is 0 Å². The van der Waals surface area contributed by atoms with Crippen LogP contribution in [-0.4, -0.2) is 45.4 Å². The Hall–Kier alpha value is -0.650. The van der Waals surface area contributed by atoms with Gasteiger partial charge in [-0.1, -0.05) is 6.92 Å². The summed E-state index contributed by atoms with van der Waals surface area (Å²) < 4.78 is 10.2. The lowest BCUT2D eigenvalue weighted by molar-refractivity contribution is -0.128. The van der Waals surface area contributed by atoms with Crippen molar-refractivity contribution in [2.45, 2.75) is 32.2 Å². The van der Waals surface area contributed by atoms with Crippen LogP contribution in [0.1, 0.15) is 26.2 Å². The SMILES string of the molecule is COCCOCCNC(=O)C1CC(N)CCC1C. The summed E-state index contributed by atoms with van der Waals surface area (Å²) in [6, 6.07) is 0.176. The minimum absolute atomic E-state index is 0.0627. The lowest BCUT2D eigenvalue weighted by atomic mass is 9.78. The zero-order valence-corrected chi connectivity index (χ0v) is 11.5. The van der Waals surface area contributed by atoms with Crippen LogP contribution in [-0.2, 0) is 14.3 Å². The van der Waals surface area contributed by atoms with Gasteiger partial charge in [0.05, 0.1) is 19.8 Å². The summed E-state index contributed by atoms with van der Waals surface area (Å²) in [6.45, 7) is 4.37. The first-order valence-electron chi connectivity index (χ1n) is 6.75. The number of carbonyl (C=O) groups is 1. The molecule has 0 spiro atoms. The number of methoxy groups -OCH3 is 1. The molecule has 1 aliphatic rings. The fraction of sp³-hybridized carbons (Fsp3) is 0.923. The van der Waals surface area contributed by atoms with Crippen LogP contribution in [0.3, 0.4) is 0 Å². The van der Waals surface area contributed by atoms with Crippen molar-refractivity contribution in [1.29, 1.82) is 0 Å². The summed E-state index contributed by atoms with van der Waals surface area (Å²) >= 11 is 0. The number of nitrogens with two attached hydrogens (primary N) is 1. The third kappa shape index (κ3) is 5.33. The number of ether oxygens (including phenoxy) is 2. The predicted molar refractivity (Wildman–Crippen MR) is 70.2 cm³/mol. The molecule has 3 unspecified atom stereocenters. The number of rotatable bonds is 7. The van der Waals surface area contributed by atoms with E-state index in [2.05, 4.69) is 12.2 Å². The highest BCUT2D eigenvalue weighted by molar-refractivity contribution is 5.79. The molecular formula is C13H26N2O3. The van der Waals surface area contributed by atoms with E-state index in [1.54, 1.807) is 7.11 Å². The summed E-state index contributed by atoms with van der Waals surface area (Å²) in [5.41, 5.74) is 5.92. The van der Waals surface area contributed by atoms with E-state index in [0.717, 1.165) is 19.3 Å². The number of hydrogen-bond donors (Lipinski definition) is 2. The Morgan fingerprint density at radius 2 is 2.11 bits per heavy atom. The Kier molecular flexibility index (Phi) is 7.23. The molecule has 0 radical (unpaired) electrons. The van der Waals surface area contributed by atoms with E-state index < -0.39 is 0 Å². The number of hydrogen-bond acceptors (Lipinski definition) is 4. The second-order valence-electron chi connectivity index (χ2n) is 5.05. The standard InChI is InChI=1S/C13H26N2O3/c1-10-3-4-11(14)9-12(10)13(16)15-5-6-18-8-7-17-2/h10-12H,3-9,14H2,1-2H3,(H,15,16). The first-order valence-corrected chi connectivity index (χ1v) is 6.75. The maximum absolute atomic E-state index is 12.0. The minimum Gasteiger partial charge on any atom is -0.382 e. The van der Waals surface area contributed by atoms with Crippen LogP contribution in [0.5, 0.6) is 0 Å². The van der Waals surface area contributed by atoms with Crippen molar-refractivity contribution in [2.24, 2.45) is 17.6 Å². The fourth-order valence-corrected chi connectivity index (χ4v) is 2.34. The average Bonchev–Trinajstić information content (AvgIpc) is 2.36. The quantitative estimate of drug-likeness (QED) is 0.653. The lowest BCUT2D eigenvalue weighted by Crippen LogP contribution is -2.42. The van der Waals surface area contributed by atoms with E-state index in [1.165, 1.54) is 0 Å². The average molecular weight is 258 g/mol. The topological polar surface area (TPSA) is 73.6 Å². The molecule has 0 bridgehead atoms. The molecule has 1 saturated carbocycles. The van der Waals surface area contributed by atoms with Crippen molar-refractivity contribution in [3.05, 3.63) is 0 Å². The highest BCUT2D eigenvalue weighted by Gasteiger charge is 2.30. The summed E-state index contributed by atoms with van der Waals surface area (Å²) in [6.07, 6.45) is 2.88. The summed E-state index contributed by atoms with van der Waals surface area (Å²) in [5, 5.41) is 2.92. The number of carbonyl (C=O) groups excluding carboxylic acids is 1. The van der Waals surface area contributed by atoms with Gasteiger partial charge in [-0.15, -0.1) is 0 Å². The third-order valence-electron chi connectivity index (χ3n) is 3.55. The highest BCUT2D eigenvalue weighted by atomic mass is 16.5. The van der Waals surface area contributed by atoms with Gasteiger partial charge in [-0.05, 0) is 25.2 Å². The predicted octanol–water partition coefficient (Wildman–Crippen LogP) is 0.529. The van der Waals surface area contributed by atoms with E-state index in [9.17, 15) is 4.79 Å². The van der Waals surface area contributed by atoms with Gasteiger partial charge in [0.15, 0.2) is 0 Å². The lowest BCUT2D eigenvalue weighted by Gasteiger charge is -2.31. The molecule has 0 aromatic carbocycles. The van der Waals surface area contributed by atoms with Gasteiger partial charge in [-0.2, -0.15) is 0 Å². The van der Waals surface area contributed by atoms with Crippen LogP contribution in [0.25, 0.3) is 0 Å². The molecule has 3 N–H and O–H groups in total. The first kappa shape index (κ1) is 15.4. The summed E-state index contributed by atoms with van der Waals surface area (Å²) in [4.78, 5) is 12.0. The van der Waals surface area contributed by atoms with Gasteiger partial charge in [0, 0.05) is 25.6 Å². The molecule has 5 nitrogen and oxygen atoms in total. The second-order valence-corrected chi connectivity index (χ2v) is 5.05. The summed E-state index contributed by atoms with van der Waals surface area (Å²) in [7, 11) is 1.64. The zero-order valence-electron chi connectivity index (χ0n) is 11.5. The molecule has 1 amide bonds. The molecule has 1 fully saturated rings. The minimum atomic E-state index is 0.0627. The van der Waals surface area contributed by atoms with Crippen LogP contribution >= 0.6 is 0 Å². The highest BCUT2D eigenvalue weighted by Crippen LogP contribution is 2.28. The smallest absolute Gasteiger partial charge is 0.223 e. The Bertz CT molecular complexity index is 248. The van der Waals surface area contributed by atoms with E-state index in [-0.39, 0.29) is 17.9 Å². The van der Waals surface area contributed by atoms with Gasteiger partial charge in [-0.3, -0.25) is 4.79 Å². The van der Waals surface area contributed by atoms with Crippen LogP contribution in [0, 0.1) is 11.8 Å². The number of amides is 1. The Labute approximate surface area is 109 Å².